The van der Waals surface area contributed by atoms with Gasteiger partial charge >= 0.3 is 0 Å². The van der Waals surface area contributed by atoms with Crippen molar-refractivity contribution < 1.29 is 0 Å². The Labute approximate surface area is 117 Å². The second kappa shape index (κ2) is 5.36. The minimum Gasteiger partial charge on any atom is -0.365 e. The van der Waals surface area contributed by atoms with Crippen molar-refractivity contribution in [1.82, 2.24) is 19.8 Å². The standard InChI is InChI=1S/C13H19N5S/c1-3-19-11-6-4-5-10(11)14-12-7-8-13-16-15-9(2)18(13)17-12/h7-8,10-11H,3-6H2,1-2H3,(H,14,17). The summed E-state index contributed by atoms with van der Waals surface area (Å²) in [5.41, 5.74) is 0.800. The van der Waals surface area contributed by atoms with Gasteiger partial charge in [-0.15, -0.1) is 15.3 Å². The van der Waals surface area contributed by atoms with E-state index in [-0.39, 0.29) is 0 Å². The van der Waals surface area contributed by atoms with Crippen LogP contribution >= 0.6 is 11.8 Å². The molecule has 102 valence electrons. The summed E-state index contributed by atoms with van der Waals surface area (Å²) in [6.07, 6.45) is 3.85. The topological polar surface area (TPSA) is 55.1 Å². The summed E-state index contributed by atoms with van der Waals surface area (Å²) in [6, 6.07) is 4.49. The molecule has 1 aliphatic carbocycles. The first kappa shape index (κ1) is 12.7. The number of hydrogen-bond donors (Lipinski definition) is 1. The zero-order chi connectivity index (χ0) is 13.2. The predicted octanol–water partition coefficient (Wildman–Crippen LogP) is 2.52. The average Bonchev–Trinajstić information content (AvgIpc) is 2.99. The van der Waals surface area contributed by atoms with E-state index in [2.05, 4.69) is 39.3 Å². The largest absolute Gasteiger partial charge is 0.365 e. The fourth-order valence-electron chi connectivity index (χ4n) is 2.67. The Bertz CT molecular complexity index is 567. The summed E-state index contributed by atoms with van der Waals surface area (Å²) >= 11 is 2.05. The lowest BCUT2D eigenvalue weighted by Crippen LogP contribution is -2.27. The van der Waals surface area contributed by atoms with Crippen LogP contribution in [-0.4, -0.2) is 36.9 Å². The smallest absolute Gasteiger partial charge is 0.178 e. The average molecular weight is 277 g/mol. The monoisotopic (exact) mass is 277 g/mol. The van der Waals surface area contributed by atoms with Gasteiger partial charge in [-0.1, -0.05) is 13.3 Å². The zero-order valence-electron chi connectivity index (χ0n) is 11.3. The van der Waals surface area contributed by atoms with Gasteiger partial charge in [0.25, 0.3) is 0 Å². The molecule has 1 saturated carbocycles. The molecule has 6 heteroatoms. The molecular weight excluding hydrogens is 258 g/mol. The maximum absolute atomic E-state index is 4.56. The molecule has 2 unspecified atom stereocenters. The van der Waals surface area contributed by atoms with Gasteiger partial charge in [0.1, 0.15) is 5.82 Å². The first-order valence-electron chi connectivity index (χ1n) is 6.85. The van der Waals surface area contributed by atoms with Crippen LogP contribution in [-0.2, 0) is 0 Å². The molecule has 0 bridgehead atoms. The Morgan fingerprint density at radius 3 is 3.11 bits per heavy atom. The van der Waals surface area contributed by atoms with Crippen LogP contribution in [0.5, 0.6) is 0 Å². The summed E-state index contributed by atoms with van der Waals surface area (Å²) < 4.78 is 1.79. The van der Waals surface area contributed by atoms with E-state index in [1.54, 1.807) is 4.52 Å². The molecule has 5 nitrogen and oxygen atoms in total. The van der Waals surface area contributed by atoms with Crippen LogP contribution in [0.1, 0.15) is 32.0 Å². The Morgan fingerprint density at radius 2 is 2.26 bits per heavy atom. The number of anilines is 1. The third-order valence-corrected chi connectivity index (χ3v) is 4.91. The molecule has 0 spiro atoms. The molecule has 0 aliphatic heterocycles. The van der Waals surface area contributed by atoms with Crippen LogP contribution in [0.4, 0.5) is 5.82 Å². The SMILES string of the molecule is CCSC1CCCC1Nc1ccc2nnc(C)n2n1. The minimum atomic E-state index is 0.534. The number of hydrogen-bond acceptors (Lipinski definition) is 5. The normalized spacial score (nSPS) is 23.1. The van der Waals surface area contributed by atoms with Crippen LogP contribution in [0.25, 0.3) is 5.65 Å². The molecule has 3 rings (SSSR count). The van der Waals surface area contributed by atoms with Gasteiger partial charge in [0.05, 0.1) is 0 Å². The lowest BCUT2D eigenvalue weighted by Gasteiger charge is -2.20. The second-order valence-electron chi connectivity index (χ2n) is 4.91. The maximum Gasteiger partial charge on any atom is 0.178 e. The van der Waals surface area contributed by atoms with Gasteiger partial charge in [-0.25, -0.2) is 0 Å². The first-order valence-corrected chi connectivity index (χ1v) is 7.90. The molecule has 2 aromatic rings. The highest BCUT2D eigenvalue weighted by molar-refractivity contribution is 7.99. The molecule has 19 heavy (non-hydrogen) atoms. The van der Waals surface area contributed by atoms with Crippen molar-refractivity contribution in [1.29, 1.82) is 0 Å². The number of nitrogens with one attached hydrogen (secondary N) is 1. The fraction of sp³-hybridized carbons (Fsp3) is 0.615. The van der Waals surface area contributed by atoms with E-state index < -0.39 is 0 Å². The van der Waals surface area contributed by atoms with E-state index >= 15 is 0 Å². The summed E-state index contributed by atoms with van der Waals surface area (Å²) in [6.45, 7) is 4.15. The van der Waals surface area contributed by atoms with E-state index in [1.165, 1.54) is 25.0 Å². The van der Waals surface area contributed by atoms with Crippen LogP contribution in [0, 0.1) is 6.92 Å². The fourth-order valence-corrected chi connectivity index (χ4v) is 3.87. The molecule has 0 aromatic carbocycles. The van der Waals surface area contributed by atoms with Gasteiger partial charge in [0.2, 0.25) is 0 Å². The van der Waals surface area contributed by atoms with Crippen LogP contribution in [0.2, 0.25) is 0 Å². The summed E-state index contributed by atoms with van der Waals surface area (Å²) in [5, 5.41) is 16.9. The predicted molar refractivity (Wildman–Crippen MR) is 78.7 cm³/mol. The van der Waals surface area contributed by atoms with E-state index in [9.17, 15) is 0 Å². The highest BCUT2D eigenvalue weighted by atomic mass is 32.2. The van der Waals surface area contributed by atoms with Crippen LogP contribution in [0.3, 0.4) is 0 Å². The molecule has 2 aromatic heterocycles. The Morgan fingerprint density at radius 1 is 1.37 bits per heavy atom. The lowest BCUT2D eigenvalue weighted by molar-refractivity contribution is 0.751. The van der Waals surface area contributed by atoms with Gasteiger partial charge in [0.15, 0.2) is 11.5 Å². The van der Waals surface area contributed by atoms with Crippen molar-refractivity contribution in [3.63, 3.8) is 0 Å². The molecule has 2 atom stereocenters. The molecular formula is C13H19N5S. The Balaban J connectivity index is 1.78. The van der Waals surface area contributed by atoms with Crippen molar-refractivity contribution in [2.45, 2.75) is 44.4 Å². The number of rotatable bonds is 4. The van der Waals surface area contributed by atoms with E-state index in [0.29, 0.717) is 11.3 Å². The Kier molecular flexibility index (Phi) is 3.59. The molecule has 2 heterocycles. The molecule has 0 amide bonds. The first-order chi connectivity index (χ1) is 9.28. The molecule has 1 fully saturated rings. The van der Waals surface area contributed by atoms with Crippen LogP contribution < -0.4 is 5.32 Å². The highest BCUT2D eigenvalue weighted by Crippen LogP contribution is 2.31. The highest BCUT2D eigenvalue weighted by Gasteiger charge is 2.27. The van der Waals surface area contributed by atoms with Crippen LogP contribution in [0.15, 0.2) is 12.1 Å². The van der Waals surface area contributed by atoms with E-state index in [1.807, 2.05) is 19.1 Å². The minimum absolute atomic E-state index is 0.534. The van der Waals surface area contributed by atoms with Gasteiger partial charge < -0.3 is 5.32 Å². The van der Waals surface area contributed by atoms with E-state index in [0.717, 1.165) is 17.3 Å². The number of aryl methyl sites for hydroxylation is 1. The Hall–Kier alpha value is -1.30. The van der Waals surface area contributed by atoms with Crippen molar-refractivity contribution in [2.75, 3.05) is 11.1 Å². The van der Waals surface area contributed by atoms with Crippen molar-refractivity contribution in [2.24, 2.45) is 0 Å². The van der Waals surface area contributed by atoms with Gasteiger partial charge in [-0.3, -0.25) is 0 Å². The zero-order valence-corrected chi connectivity index (χ0v) is 12.2. The van der Waals surface area contributed by atoms with Crippen molar-refractivity contribution in [3.8, 4) is 0 Å². The third kappa shape index (κ3) is 2.54. The molecule has 1 aliphatic rings. The number of thioether (sulfide) groups is 1. The van der Waals surface area contributed by atoms with E-state index in [4.69, 9.17) is 0 Å². The lowest BCUT2D eigenvalue weighted by atomic mass is 10.2. The number of fused-ring (bicyclic) bond motifs is 1. The summed E-state index contributed by atoms with van der Waals surface area (Å²) in [7, 11) is 0. The number of nitrogens with zero attached hydrogens (tertiary/aromatic N) is 4. The van der Waals surface area contributed by atoms with Crippen molar-refractivity contribution >= 4 is 23.2 Å². The van der Waals surface area contributed by atoms with Gasteiger partial charge in [-0.2, -0.15) is 16.3 Å². The quantitative estimate of drug-likeness (QED) is 0.930. The molecule has 0 saturated heterocycles. The third-order valence-electron chi connectivity index (χ3n) is 3.59. The van der Waals surface area contributed by atoms with Crippen molar-refractivity contribution in [3.05, 3.63) is 18.0 Å². The second-order valence-corrected chi connectivity index (χ2v) is 6.43. The summed E-state index contributed by atoms with van der Waals surface area (Å²) in [4.78, 5) is 0. The van der Waals surface area contributed by atoms with Gasteiger partial charge in [0, 0.05) is 11.3 Å². The number of aromatic nitrogens is 4. The van der Waals surface area contributed by atoms with Gasteiger partial charge in [-0.05, 0) is 37.7 Å². The summed E-state index contributed by atoms with van der Waals surface area (Å²) in [5.74, 6) is 2.92. The molecule has 1 N–H and O–H groups in total. The molecule has 0 radical (unpaired) electrons. The maximum atomic E-state index is 4.56.